The van der Waals surface area contributed by atoms with Gasteiger partial charge in [-0.3, -0.25) is 10.1 Å². The van der Waals surface area contributed by atoms with Crippen molar-refractivity contribution in [2.75, 3.05) is 23.7 Å². The van der Waals surface area contributed by atoms with Crippen LogP contribution in [0.5, 0.6) is 0 Å². The maximum absolute atomic E-state index is 12.9. The quantitative estimate of drug-likeness (QED) is 0.397. The summed E-state index contributed by atoms with van der Waals surface area (Å²) in [5.41, 5.74) is 3.55. The van der Waals surface area contributed by atoms with Crippen LogP contribution in [-0.4, -0.2) is 25.1 Å². The molecule has 1 aliphatic rings. The third kappa shape index (κ3) is 7.07. The van der Waals surface area contributed by atoms with E-state index in [-0.39, 0.29) is 12.5 Å². The van der Waals surface area contributed by atoms with Crippen molar-refractivity contribution in [2.45, 2.75) is 25.9 Å². The number of ether oxygens (including phenoxy) is 1. The molecule has 34 heavy (non-hydrogen) atoms. The van der Waals surface area contributed by atoms with E-state index in [0.717, 1.165) is 30.8 Å². The fourth-order valence-corrected chi connectivity index (χ4v) is 4.30. The van der Waals surface area contributed by atoms with Crippen LogP contribution in [0.2, 0.25) is 5.02 Å². The lowest BCUT2D eigenvalue weighted by atomic mass is 9.91. The van der Waals surface area contributed by atoms with Crippen molar-refractivity contribution in [3.8, 4) is 0 Å². The number of carbonyl (C=O) groups excluding carboxylic acids is 2. The molecule has 1 heterocycles. The molecule has 2 amide bonds. The van der Waals surface area contributed by atoms with E-state index in [9.17, 15) is 9.59 Å². The first-order valence-electron chi connectivity index (χ1n) is 11.4. The molecule has 0 aromatic heterocycles. The molecule has 176 valence electrons. The van der Waals surface area contributed by atoms with Gasteiger partial charge in [-0.25, -0.2) is 4.79 Å². The van der Waals surface area contributed by atoms with Crippen LogP contribution in [-0.2, 0) is 17.8 Å². The minimum Gasteiger partial charge on any atom is -0.444 e. The second-order valence-electron chi connectivity index (χ2n) is 8.47. The molecule has 0 spiro atoms. The van der Waals surface area contributed by atoms with Crippen molar-refractivity contribution in [3.63, 3.8) is 0 Å². The molecular formula is C27H28ClN3O3. The third-order valence-corrected chi connectivity index (χ3v) is 6.01. The number of hydrogen-bond donors (Lipinski definition) is 3. The number of amides is 2. The fraction of sp³-hybridized carbons (Fsp3) is 0.259. The molecule has 1 saturated heterocycles. The molecule has 0 bridgehead atoms. The lowest BCUT2D eigenvalue weighted by Gasteiger charge is -2.22. The molecule has 3 N–H and O–H groups in total. The zero-order valence-corrected chi connectivity index (χ0v) is 19.6. The maximum atomic E-state index is 12.9. The normalized spacial score (nSPS) is 13.8. The van der Waals surface area contributed by atoms with Crippen LogP contribution in [0.3, 0.4) is 0 Å². The third-order valence-electron chi connectivity index (χ3n) is 5.79. The van der Waals surface area contributed by atoms with Gasteiger partial charge in [0.1, 0.15) is 6.61 Å². The SMILES string of the molecule is O=C(Nc1cc(Cl)cc(C(=O)Nc2cccc(CC3CCNCC3)c2)c1)OCc1ccccc1. The summed E-state index contributed by atoms with van der Waals surface area (Å²) in [4.78, 5) is 25.1. The van der Waals surface area contributed by atoms with Crippen LogP contribution >= 0.6 is 11.6 Å². The first-order chi connectivity index (χ1) is 16.5. The Bertz CT molecular complexity index is 1130. The van der Waals surface area contributed by atoms with Gasteiger partial charge < -0.3 is 15.4 Å². The molecule has 0 radical (unpaired) electrons. The van der Waals surface area contributed by atoms with Crippen LogP contribution in [0.1, 0.15) is 34.3 Å². The number of halogens is 1. The average Bonchev–Trinajstić information content (AvgIpc) is 2.84. The molecule has 0 aliphatic carbocycles. The second kappa shape index (κ2) is 11.7. The number of carbonyl (C=O) groups is 2. The molecule has 1 fully saturated rings. The summed E-state index contributed by atoms with van der Waals surface area (Å²) in [6.45, 7) is 2.27. The first-order valence-corrected chi connectivity index (χ1v) is 11.8. The number of hydrogen-bond acceptors (Lipinski definition) is 4. The van der Waals surface area contributed by atoms with Gasteiger partial charge in [0.15, 0.2) is 0 Å². The molecule has 0 unspecified atom stereocenters. The van der Waals surface area contributed by atoms with Gasteiger partial charge in [-0.1, -0.05) is 54.1 Å². The molecule has 7 heteroatoms. The Kier molecular flexibility index (Phi) is 8.17. The average molecular weight is 478 g/mol. The minimum absolute atomic E-state index is 0.147. The van der Waals surface area contributed by atoms with Crippen LogP contribution < -0.4 is 16.0 Å². The summed E-state index contributed by atoms with van der Waals surface area (Å²) in [6, 6.07) is 22.0. The van der Waals surface area contributed by atoms with Crippen LogP contribution in [0.25, 0.3) is 0 Å². The Morgan fingerprint density at radius 1 is 0.882 bits per heavy atom. The zero-order valence-electron chi connectivity index (χ0n) is 18.9. The second-order valence-corrected chi connectivity index (χ2v) is 8.90. The van der Waals surface area contributed by atoms with Gasteiger partial charge in [0.2, 0.25) is 0 Å². The van der Waals surface area contributed by atoms with E-state index in [0.29, 0.717) is 22.2 Å². The molecule has 6 nitrogen and oxygen atoms in total. The smallest absolute Gasteiger partial charge is 0.411 e. The van der Waals surface area contributed by atoms with Gasteiger partial charge in [-0.05, 0) is 79.7 Å². The molecule has 4 rings (SSSR count). The predicted octanol–water partition coefficient (Wildman–Crippen LogP) is 5.88. The van der Waals surface area contributed by atoms with Crippen molar-refractivity contribution in [3.05, 3.63) is 94.5 Å². The summed E-state index contributed by atoms with van der Waals surface area (Å²) in [5, 5.41) is 9.30. The van der Waals surface area contributed by atoms with Gasteiger partial charge >= 0.3 is 6.09 Å². The van der Waals surface area contributed by atoms with Gasteiger partial charge in [0, 0.05) is 22.0 Å². The summed E-state index contributed by atoms with van der Waals surface area (Å²) >= 11 is 6.21. The van der Waals surface area contributed by atoms with E-state index in [1.165, 1.54) is 18.4 Å². The standard InChI is InChI=1S/C27H28ClN3O3/c28-23-15-22(16-25(17-23)31-27(33)34-18-20-5-2-1-3-6-20)26(32)30-24-8-4-7-21(14-24)13-19-9-11-29-12-10-19/h1-8,14-17,19,29H,9-13,18H2,(H,30,32)(H,31,33). The van der Waals surface area contributed by atoms with Crippen molar-refractivity contribution in [1.82, 2.24) is 5.32 Å². The number of benzene rings is 3. The highest BCUT2D eigenvalue weighted by atomic mass is 35.5. The number of piperidine rings is 1. The number of anilines is 2. The van der Waals surface area contributed by atoms with Crippen molar-refractivity contribution in [2.24, 2.45) is 5.92 Å². The highest BCUT2D eigenvalue weighted by molar-refractivity contribution is 6.31. The summed E-state index contributed by atoms with van der Waals surface area (Å²) < 4.78 is 5.25. The maximum Gasteiger partial charge on any atom is 0.411 e. The number of rotatable bonds is 7. The van der Waals surface area contributed by atoms with E-state index < -0.39 is 6.09 Å². The Hall–Kier alpha value is -3.35. The largest absolute Gasteiger partial charge is 0.444 e. The number of nitrogens with one attached hydrogen (secondary N) is 3. The lowest BCUT2D eigenvalue weighted by molar-refractivity contribution is 0.102. The summed E-state index contributed by atoms with van der Waals surface area (Å²) in [5.74, 6) is 0.359. The Morgan fingerprint density at radius 3 is 2.44 bits per heavy atom. The van der Waals surface area contributed by atoms with E-state index in [2.05, 4.69) is 22.0 Å². The molecule has 0 atom stereocenters. The van der Waals surface area contributed by atoms with Crippen molar-refractivity contribution >= 4 is 35.0 Å². The molecule has 3 aromatic carbocycles. The van der Waals surface area contributed by atoms with E-state index in [4.69, 9.17) is 16.3 Å². The summed E-state index contributed by atoms with van der Waals surface area (Å²) in [7, 11) is 0. The van der Waals surface area contributed by atoms with Gasteiger partial charge in [-0.15, -0.1) is 0 Å². The molecular weight excluding hydrogens is 450 g/mol. The highest BCUT2D eigenvalue weighted by Crippen LogP contribution is 2.23. The van der Waals surface area contributed by atoms with Crippen LogP contribution in [0.4, 0.5) is 16.2 Å². The van der Waals surface area contributed by atoms with Crippen molar-refractivity contribution in [1.29, 1.82) is 0 Å². The minimum atomic E-state index is -0.622. The van der Waals surface area contributed by atoms with Gasteiger partial charge in [0.25, 0.3) is 5.91 Å². The van der Waals surface area contributed by atoms with E-state index in [1.54, 1.807) is 18.2 Å². The molecule has 1 aliphatic heterocycles. The fourth-order valence-electron chi connectivity index (χ4n) is 4.07. The van der Waals surface area contributed by atoms with E-state index in [1.807, 2.05) is 48.5 Å². The monoisotopic (exact) mass is 477 g/mol. The Labute approximate surface area is 204 Å². The van der Waals surface area contributed by atoms with Crippen molar-refractivity contribution < 1.29 is 14.3 Å². The van der Waals surface area contributed by atoms with Crippen LogP contribution in [0, 0.1) is 5.92 Å². The predicted molar refractivity (Wildman–Crippen MR) is 135 cm³/mol. The van der Waals surface area contributed by atoms with Gasteiger partial charge in [0.05, 0.1) is 0 Å². The zero-order chi connectivity index (χ0) is 23.8. The Morgan fingerprint density at radius 2 is 1.65 bits per heavy atom. The van der Waals surface area contributed by atoms with Gasteiger partial charge in [-0.2, -0.15) is 0 Å². The molecule has 3 aromatic rings. The first kappa shape index (κ1) is 23.8. The summed E-state index contributed by atoms with van der Waals surface area (Å²) in [6.07, 6.45) is 2.72. The lowest BCUT2D eigenvalue weighted by Crippen LogP contribution is -2.28. The highest BCUT2D eigenvalue weighted by Gasteiger charge is 2.15. The molecule has 0 saturated carbocycles. The van der Waals surface area contributed by atoms with E-state index >= 15 is 0 Å². The topological polar surface area (TPSA) is 79.5 Å². The Balaban J connectivity index is 1.36. The van der Waals surface area contributed by atoms with Crippen LogP contribution in [0.15, 0.2) is 72.8 Å².